The Balaban J connectivity index is 0.000000115. The van der Waals surface area contributed by atoms with Crippen LogP contribution < -0.4 is 5.46 Å². The predicted molar refractivity (Wildman–Crippen MR) is 405 cm³/mol. The second kappa shape index (κ2) is 23.5. The summed E-state index contributed by atoms with van der Waals surface area (Å²) in [6, 6.07) is 105. The summed E-state index contributed by atoms with van der Waals surface area (Å²) >= 11 is 5.99. The summed E-state index contributed by atoms with van der Waals surface area (Å²) in [5.41, 5.74) is 22.8. The number of hydrogen-bond acceptors (Lipinski definition) is 10. The van der Waals surface area contributed by atoms with Crippen molar-refractivity contribution in [3.05, 3.63) is 354 Å². The predicted octanol–water partition coefficient (Wildman–Crippen LogP) is 18.7. The van der Waals surface area contributed by atoms with Crippen molar-refractivity contribution < 1.29 is 9.31 Å². The van der Waals surface area contributed by atoms with Gasteiger partial charge >= 0.3 is 7.12 Å². The molecule has 2 unspecified atom stereocenters. The van der Waals surface area contributed by atoms with Gasteiger partial charge in [-0.25, -0.2) is 29.9 Å². The molecule has 2 spiro atoms. The van der Waals surface area contributed by atoms with Crippen LogP contribution in [0.5, 0.6) is 0 Å². The van der Waals surface area contributed by atoms with E-state index in [9.17, 15) is 0 Å². The van der Waals surface area contributed by atoms with Gasteiger partial charge in [-0.05, 0) is 143 Å². The molecule has 12 nitrogen and oxygen atoms in total. The Morgan fingerprint density at radius 2 is 0.627 bits per heavy atom. The summed E-state index contributed by atoms with van der Waals surface area (Å²) < 4.78 is 17.7. The molecule has 16 aromatic rings. The monoisotopic (exact) mass is 1340 g/mol. The lowest BCUT2D eigenvalue weighted by Crippen LogP contribution is -2.41. The van der Waals surface area contributed by atoms with Crippen LogP contribution >= 0.6 is 11.6 Å². The zero-order chi connectivity index (χ0) is 68.5. The van der Waals surface area contributed by atoms with Crippen LogP contribution in [0.1, 0.15) is 72.7 Å². The highest BCUT2D eigenvalue weighted by Gasteiger charge is 2.57. The van der Waals surface area contributed by atoms with Gasteiger partial charge in [-0.15, -0.1) is 0 Å². The number of fused-ring (bicyclic) bond motifs is 24. The van der Waals surface area contributed by atoms with Crippen molar-refractivity contribution in [1.29, 1.82) is 0 Å². The molecule has 7 heterocycles. The highest BCUT2D eigenvalue weighted by Crippen LogP contribution is 2.62. The molecule has 14 heteroatoms. The highest BCUT2D eigenvalue weighted by atomic mass is 35.5. The molecule has 1 saturated heterocycles. The zero-order valence-corrected chi connectivity index (χ0v) is 56.9. The van der Waals surface area contributed by atoms with Gasteiger partial charge in [0.25, 0.3) is 0 Å². The standard InChI is InChI=1S/C41H25N5.C32H27BN2O2.C15H10ClN3/c1-3-13-26(14-4-1)37-43-38(27-15-5-2-6-16-27)45-39(44-37)28-23-24-30-29-17-7-8-18-31(29)41(33(30)25-28)32-19-9-11-21-35(32)46-36-22-12-10-20-34(36)42-40(41)46;1-30(2)31(3,4)37-33(36-30)20-17-18-22-21-11-5-6-12-23(21)32(25(22)19-20)24-13-7-9-15-27(24)35-28-16-10-8-14-26(28)34-29(32)35;16-15-18-13(11-7-3-1-4-8-11)17-14(19-15)12-9-5-2-6-10-12/h1-25H;5-19H,1-4H3;1-10H. The fourth-order valence-corrected chi connectivity index (χ4v) is 16.0. The zero-order valence-electron chi connectivity index (χ0n) is 56.1. The van der Waals surface area contributed by atoms with Crippen molar-refractivity contribution in [3.63, 3.8) is 0 Å². The average molecular weight is 1340 g/mol. The van der Waals surface area contributed by atoms with Crippen molar-refractivity contribution in [1.82, 2.24) is 49.0 Å². The first-order valence-electron chi connectivity index (χ1n) is 34.4. The third-order valence-electron chi connectivity index (χ3n) is 21.2. The Morgan fingerprint density at radius 1 is 0.294 bits per heavy atom. The SMILES string of the molecule is CC1(C)OB(c2ccc3c(c2)C2(c4ccccc4-3)c3ccccc3-n3c2nc2ccccc23)OC1(C)C.Clc1nc(-c2ccccc2)nc(-c2ccccc2)n1.c1ccc(-c2nc(-c3ccccc3)nc(-c3ccc4c(c3)C3(c5ccccc5-4)c4ccccc4-n4c3nc3ccccc34)n2)cc1. The van der Waals surface area contributed by atoms with Crippen LogP contribution in [-0.4, -0.2) is 67.3 Å². The number of imidazole rings is 2. The number of benzene rings is 12. The van der Waals surface area contributed by atoms with Gasteiger partial charge in [-0.2, -0.15) is 9.97 Å². The first-order valence-corrected chi connectivity index (χ1v) is 34.7. The maximum Gasteiger partial charge on any atom is 0.494 e. The van der Waals surface area contributed by atoms with Crippen LogP contribution in [0.2, 0.25) is 5.28 Å². The Kier molecular flexibility index (Phi) is 14.1. The molecule has 2 aliphatic carbocycles. The molecule has 0 saturated carbocycles. The van der Waals surface area contributed by atoms with E-state index in [4.69, 9.17) is 45.8 Å². The first-order chi connectivity index (χ1) is 50.0. The molecule has 0 amide bonds. The fourth-order valence-electron chi connectivity index (χ4n) is 15.9. The summed E-state index contributed by atoms with van der Waals surface area (Å²) in [5.74, 6) is 5.17. The van der Waals surface area contributed by atoms with Crippen molar-refractivity contribution >= 4 is 46.2 Å². The van der Waals surface area contributed by atoms with E-state index in [1.54, 1.807) is 0 Å². The normalized spacial score (nSPS) is 16.8. The molecule has 1 fully saturated rings. The van der Waals surface area contributed by atoms with Crippen LogP contribution in [0, 0.1) is 0 Å². The summed E-state index contributed by atoms with van der Waals surface area (Å²) in [4.78, 5) is 38.6. The summed E-state index contributed by atoms with van der Waals surface area (Å²) in [7, 11) is -0.425. The molecule has 0 N–H and O–H groups in total. The number of hydrogen-bond donors (Lipinski definition) is 0. The number of halogens is 1. The minimum atomic E-state index is -0.588. The molecule has 0 radical (unpaired) electrons. The quantitative estimate of drug-likeness (QED) is 0.148. The van der Waals surface area contributed by atoms with Crippen molar-refractivity contribution in [3.8, 4) is 90.6 Å². The van der Waals surface area contributed by atoms with Crippen LogP contribution in [0.4, 0.5) is 0 Å². The minimum Gasteiger partial charge on any atom is -0.399 e. The second-order valence-corrected chi connectivity index (χ2v) is 27.7. The maximum absolute atomic E-state index is 6.48. The first kappa shape index (κ1) is 61.0. The van der Waals surface area contributed by atoms with Gasteiger partial charge in [0.05, 0.1) is 44.6 Å². The topological polar surface area (TPSA) is 131 Å². The molecule has 12 aromatic carbocycles. The van der Waals surface area contributed by atoms with Gasteiger partial charge in [0.1, 0.15) is 22.5 Å². The highest BCUT2D eigenvalue weighted by molar-refractivity contribution is 6.62. The van der Waals surface area contributed by atoms with E-state index in [2.05, 4.69) is 234 Å². The Bertz CT molecular complexity index is 5900. The molecule has 102 heavy (non-hydrogen) atoms. The summed E-state index contributed by atoms with van der Waals surface area (Å²) in [6.07, 6.45) is 0. The lowest BCUT2D eigenvalue weighted by molar-refractivity contribution is 0.00578. The van der Waals surface area contributed by atoms with E-state index in [0.717, 1.165) is 72.7 Å². The summed E-state index contributed by atoms with van der Waals surface area (Å²) in [6.45, 7) is 8.42. The smallest absolute Gasteiger partial charge is 0.399 e. The molecule has 21 rings (SSSR count). The minimum absolute atomic E-state index is 0.202. The Morgan fingerprint density at radius 3 is 1.07 bits per heavy atom. The van der Waals surface area contributed by atoms with Gasteiger partial charge in [0.2, 0.25) is 5.28 Å². The molecule has 4 aromatic heterocycles. The van der Waals surface area contributed by atoms with Crippen molar-refractivity contribution in [2.45, 2.75) is 49.7 Å². The van der Waals surface area contributed by atoms with Crippen LogP contribution in [0.3, 0.4) is 0 Å². The van der Waals surface area contributed by atoms with Gasteiger partial charge in [-0.1, -0.05) is 261 Å². The molecule has 2 atom stereocenters. The number of para-hydroxylation sites is 6. The fraction of sp³-hybridized carbons (Fsp3) is 0.0909. The van der Waals surface area contributed by atoms with Gasteiger partial charge in [0, 0.05) is 27.8 Å². The van der Waals surface area contributed by atoms with Crippen LogP contribution in [0.15, 0.2) is 303 Å². The molecule has 5 aliphatic rings. The average Bonchev–Trinajstić information content (AvgIpc) is 1.51. The lowest BCUT2D eigenvalue weighted by atomic mass is 9.70. The van der Waals surface area contributed by atoms with Crippen molar-refractivity contribution in [2.75, 3.05) is 0 Å². The van der Waals surface area contributed by atoms with E-state index in [1.165, 1.54) is 61.3 Å². The molecular formula is C88H62BClN10O2. The molecule has 3 aliphatic heterocycles. The van der Waals surface area contributed by atoms with E-state index in [-0.39, 0.29) is 5.28 Å². The van der Waals surface area contributed by atoms with Gasteiger partial charge in [-0.3, -0.25) is 9.13 Å². The third kappa shape index (κ3) is 9.31. The van der Waals surface area contributed by atoms with E-state index < -0.39 is 29.2 Å². The van der Waals surface area contributed by atoms with Crippen LogP contribution in [0.25, 0.3) is 113 Å². The van der Waals surface area contributed by atoms with E-state index >= 15 is 0 Å². The van der Waals surface area contributed by atoms with Crippen LogP contribution in [-0.2, 0) is 20.1 Å². The summed E-state index contributed by atoms with van der Waals surface area (Å²) in [5, 5.41) is 0.202. The second-order valence-electron chi connectivity index (χ2n) is 27.3. The molecular weight excluding hydrogens is 1280 g/mol. The largest absolute Gasteiger partial charge is 0.494 e. The van der Waals surface area contributed by atoms with Gasteiger partial charge in [0.15, 0.2) is 29.1 Å². The number of nitrogens with zero attached hydrogens (tertiary/aromatic N) is 10. The van der Waals surface area contributed by atoms with E-state index in [0.29, 0.717) is 29.1 Å². The maximum atomic E-state index is 6.48. The third-order valence-corrected chi connectivity index (χ3v) is 21.3. The number of rotatable bonds is 6. The van der Waals surface area contributed by atoms with Gasteiger partial charge < -0.3 is 9.31 Å². The number of aromatic nitrogens is 10. The Hall–Kier alpha value is -12.1. The van der Waals surface area contributed by atoms with E-state index in [1.807, 2.05) is 121 Å². The molecule has 0 bridgehead atoms. The Labute approximate surface area is 594 Å². The lowest BCUT2D eigenvalue weighted by Gasteiger charge is -2.32. The van der Waals surface area contributed by atoms with Crippen molar-refractivity contribution in [2.24, 2.45) is 0 Å². The molecule has 486 valence electrons.